The highest BCUT2D eigenvalue weighted by Gasteiger charge is 2.28. The number of amides is 2. The van der Waals surface area contributed by atoms with Gasteiger partial charge < -0.3 is 25.6 Å². The highest BCUT2D eigenvalue weighted by molar-refractivity contribution is 5.83. The molecule has 7 heteroatoms. The molecule has 0 fully saturated rings. The maximum atomic E-state index is 13.5. The first kappa shape index (κ1) is 29.2. The van der Waals surface area contributed by atoms with Gasteiger partial charge in [0.2, 0.25) is 11.8 Å². The molecule has 0 spiro atoms. The molecule has 0 aromatic heterocycles. The van der Waals surface area contributed by atoms with Crippen LogP contribution in [0.25, 0.3) is 0 Å². The number of benzene rings is 2. The molecule has 7 nitrogen and oxygen atoms in total. The van der Waals surface area contributed by atoms with Crippen molar-refractivity contribution in [2.75, 3.05) is 20.1 Å². The Kier molecular flexibility index (Phi) is 11.2. The van der Waals surface area contributed by atoms with Crippen LogP contribution in [0.4, 0.5) is 0 Å². The second kappa shape index (κ2) is 14.6. The van der Waals surface area contributed by atoms with Gasteiger partial charge in [0.15, 0.2) is 0 Å². The fourth-order valence-corrected chi connectivity index (χ4v) is 4.68. The topological polar surface area (TPSA) is 82.7 Å². The van der Waals surface area contributed by atoms with Crippen LogP contribution in [0.15, 0.2) is 66.9 Å². The average Bonchev–Trinajstić information content (AvgIpc) is 2.92. The number of carbonyl (C=O) groups is 2. The van der Waals surface area contributed by atoms with E-state index >= 15 is 0 Å². The molecular weight excluding hydrogens is 476 g/mol. The minimum atomic E-state index is -0.504. The van der Waals surface area contributed by atoms with Gasteiger partial charge in [0.05, 0.1) is 12.1 Å². The molecule has 0 aliphatic carbocycles. The SMILES string of the molecule is C=C1N[C@H](Cc2ccccc2)C(=O)NCCCc2ccccc2O[C@H](C)CN[C@@H](CCC)C(=O)N(C)[C@@H]1C. The highest BCUT2D eigenvalue weighted by atomic mass is 16.5. The van der Waals surface area contributed by atoms with Crippen LogP contribution in [-0.4, -0.2) is 61.1 Å². The molecule has 0 saturated carbocycles. The number of fused-ring (bicyclic) bond motifs is 1. The summed E-state index contributed by atoms with van der Waals surface area (Å²) < 4.78 is 6.27. The van der Waals surface area contributed by atoms with Crippen molar-refractivity contribution < 1.29 is 14.3 Å². The summed E-state index contributed by atoms with van der Waals surface area (Å²) in [6.07, 6.45) is 3.59. The predicted octanol–water partition coefficient (Wildman–Crippen LogP) is 3.84. The molecule has 2 amide bonds. The number of aryl methyl sites for hydroxylation is 1. The highest BCUT2D eigenvalue weighted by Crippen LogP contribution is 2.21. The molecule has 1 aliphatic rings. The minimum Gasteiger partial charge on any atom is -0.489 e. The molecule has 0 radical (unpaired) electrons. The molecule has 38 heavy (non-hydrogen) atoms. The maximum Gasteiger partial charge on any atom is 0.242 e. The van der Waals surface area contributed by atoms with Crippen molar-refractivity contribution in [2.24, 2.45) is 0 Å². The van der Waals surface area contributed by atoms with Gasteiger partial charge in [-0.3, -0.25) is 9.59 Å². The van der Waals surface area contributed by atoms with E-state index in [9.17, 15) is 9.59 Å². The molecule has 2 aromatic carbocycles. The number of ether oxygens (including phenoxy) is 1. The first-order valence-electron chi connectivity index (χ1n) is 13.8. The summed E-state index contributed by atoms with van der Waals surface area (Å²) in [6, 6.07) is 16.8. The summed E-state index contributed by atoms with van der Waals surface area (Å²) in [6.45, 7) is 11.4. The normalized spacial score (nSPS) is 24.3. The van der Waals surface area contributed by atoms with Crippen LogP contribution in [0.3, 0.4) is 0 Å². The van der Waals surface area contributed by atoms with Crippen molar-refractivity contribution in [2.45, 2.75) is 77.1 Å². The third kappa shape index (κ3) is 8.35. The Morgan fingerprint density at radius 2 is 1.74 bits per heavy atom. The Bertz CT molecular complexity index is 1060. The van der Waals surface area contributed by atoms with Gasteiger partial charge in [0.1, 0.15) is 17.9 Å². The Balaban J connectivity index is 1.85. The summed E-state index contributed by atoms with van der Waals surface area (Å²) in [5.41, 5.74) is 2.80. The van der Waals surface area contributed by atoms with Crippen molar-refractivity contribution in [3.05, 3.63) is 78.0 Å². The van der Waals surface area contributed by atoms with Crippen LogP contribution in [-0.2, 0) is 22.4 Å². The van der Waals surface area contributed by atoms with Crippen molar-refractivity contribution >= 4 is 11.8 Å². The lowest BCUT2D eigenvalue weighted by molar-refractivity contribution is -0.133. The monoisotopic (exact) mass is 520 g/mol. The Morgan fingerprint density at radius 3 is 2.47 bits per heavy atom. The molecule has 1 heterocycles. The lowest BCUT2D eigenvalue weighted by Crippen LogP contribution is -2.53. The second-order valence-corrected chi connectivity index (χ2v) is 10.2. The van der Waals surface area contributed by atoms with Crippen molar-refractivity contribution in [3.8, 4) is 5.75 Å². The largest absolute Gasteiger partial charge is 0.489 e. The number of rotatable bonds is 4. The Hall–Kier alpha value is -3.32. The van der Waals surface area contributed by atoms with Crippen molar-refractivity contribution in [1.82, 2.24) is 20.9 Å². The smallest absolute Gasteiger partial charge is 0.242 e. The number of para-hydroxylation sites is 1. The molecule has 2 aromatic rings. The van der Waals surface area contributed by atoms with E-state index in [0.717, 1.165) is 42.6 Å². The molecule has 3 N–H and O–H groups in total. The van der Waals surface area contributed by atoms with E-state index in [4.69, 9.17) is 4.74 Å². The Morgan fingerprint density at radius 1 is 1.03 bits per heavy atom. The van der Waals surface area contributed by atoms with Crippen LogP contribution in [0, 0.1) is 0 Å². The molecule has 0 unspecified atom stereocenters. The lowest BCUT2D eigenvalue weighted by Gasteiger charge is -2.33. The zero-order chi connectivity index (χ0) is 27.5. The first-order valence-corrected chi connectivity index (χ1v) is 13.8. The van der Waals surface area contributed by atoms with Crippen LogP contribution in [0.1, 0.15) is 51.2 Å². The molecule has 0 saturated heterocycles. The molecular formula is C31H44N4O3. The van der Waals surface area contributed by atoms with Gasteiger partial charge in [0.25, 0.3) is 0 Å². The standard InChI is InChI=1S/C31H44N4O3/c1-6-13-27-31(37)35(5)24(4)23(3)34-28(20-25-14-8-7-9-15-25)30(36)32-19-12-17-26-16-10-11-18-29(26)38-22(2)21-33-27/h7-11,14-16,18,22,24,27-28,33-34H,3,6,12-13,17,19-21H2,1-2,4-5H3,(H,32,36)/t22-,24-,27+,28-/m1/s1. The van der Waals surface area contributed by atoms with Crippen LogP contribution in [0.2, 0.25) is 0 Å². The summed E-state index contributed by atoms with van der Waals surface area (Å²) in [5, 5.41) is 9.89. The van der Waals surface area contributed by atoms with Crippen LogP contribution in [0.5, 0.6) is 5.75 Å². The summed E-state index contributed by atoms with van der Waals surface area (Å²) in [4.78, 5) is 28.5. The zero-order valence-electron chi connectivity index (χ0n) is 23.3. The molecule has 1 aliphatic heterocycles. The van der Waals surface area contributed by atoms with E-state index in [1.54, 1.807) is 11.9 Å². The number of carbonyl (C=O) groups excluding carboxylic acids is 2. The van der Waals surface area contributed by atoms with E-state index in [1.807, 2.05) is 62.4 Å². The van der Waals surface area contributed by atoms with E-state index in [-0.39, 0.29) is 30.0 Å². The van der Waals surface area contributed by atoms with E-state index < -0.39 is 6.04 Å². The molecule has 4 atom stereocenters. The van der Waals surface area contributed by atoms with E-state index in [0.29, 0.717) is 25.2 Å². The van der Waals surface area contributed by atoms with E-state index in [2.05, 4.69) is 35.5 Å². The number of hydrogen-bond acceptors (Lipinski definition) is 5. The number of hydrogen-bond donors (Lipinski definition) is 3. The zero-order valence-corrected chi connectivity index (χ0v) is 23.3. The fraction of sp³-hybridized carbons (Fsp3) is 0.484. The van der Waals surface area contributed by atoms with Gasteiger partial charge in [-0.1, -0.05) is 68.5 Å². The van der Waals surface area contributed by atoms with Crippen LogP contribution >= 0.6 is 0 Å². The number of nitrogens with one attached hydrogen (secondary N) is 3. The molecule has 206 valence electrons. The minimum absolute atomic E-state index is 0.0000717. The van der Waals surface area contributed by atoms with Gasteiger partial charge in [-0.05, 0) is 50.3 Å². The van der Waals surface area contributed by atoms with Gasteiger partial charge in [-0.15, -0.1) is 0 Å². The van der Waals surface area contributed by atoms with Gasteiger partial charge in [0, 0.05) is 32.3 Å². The molecule has 0 bridgehead atoms. The third-order valence-electron chi connectivity index (χ3n) is 7.14. The quantitative estimate of drug-likeness (QED) is 0.571. The fourth-order valence-electron chi connectivity index (χ4n) is 4.68. The second-order valence-electron chi connectivity index (χ2n) is 10.2. The lowest BCUT2D eigenvalue weighted by atomic mass is 10.0. The first-order chi connectivity index (χ1) is 18.3. The third-order valence-corrected chi connectivity index (χ3v) is 7.14. The van der Waals surface area contributed by atoms with Gasteiger partial charge in [-0.2, -0.15) is 0 Å². The summed E-state index contributed by atoms with van der Waals surface area (Å²) >= 11 is 0. The average molecular weight is 521 g/mol. The summed E-state index contributed by atoms with van der Waals surface area (Å²) in [5.74, 6) is 0.763. The maximum absolute atomic E-state index is 13.5. The van der Waals surface area contributed by atoms with Gasteiger partial charge >= 0.3 is 0 Å². The molecule has 3 rings (SSSR count). The predicted molar refractivity (Wildman–Crippen MR) is 153 cm³/mol. The van der Waals surface area contributed by atoms with Gasteiger partial charge in [-0.25, -0.2) is 0 Å². The van der Waals surface area contributed by atoms with Crippen molar-refractivity contribution in [3.63, 3.8) is 0 Å². The summed E-state index contributed by atoms with van der Waals surface area (Å²) in [7, 11) is 1.80. The van der Waals surface area contributed by atoms with Crippen molar-refractivity contribution in [1.29, 1.82) is 0 Å². The number of nitrogens with zero attached hydrogens (tertiary/aromatic N) is 1. The number of likely N-dealkylation sites (N-methyl/N-ethyl adjacent to an activating group) is 1. The Labute approximate surface area is 228 Å². The van der Waals surface area contributed by atoms with Crippen LogP contribution < -0.4 is 20.7 Å². The van der Waals surface area contributed by atoms with E-state index in [1.165, 1.54) is 0 Å².